The van der Waals surface area contributed by atoms with Crippen LogP contribution < -0.4 is 0 Å². The Bertz CT molecular complexity index is 664. The molecule has 0 spiro atoms. The molecule has 1 aromatic rings. The first kappa shape index (κ1) is 23.1. The highest BCUT2D eigenvalue weighted by molar-refractivity contribution is 5.90. The van der Waals surface area contributed by atoms with E-state index >= 15 is 0 Å². The molecule has 0 heterocycles. The highest BCUT2D eigenvalue weighted by Gasteiger charge is 2.24. The Hall–Kier alpha value is -1.57. The van der Waals surface area contributed by atoms with Gasteiger partial charge in [0, 0.05) is 0 Å². The number of carbonyl (C=O) groups excluding carboxylic acids is 1. The maximum Gasteiger partial charge on any atom is 0.338 e. The monoisotopic (exact) mass is 410 g/mol. The summed E-state index contributed by atoms with van der Waals surface area (Å²) in [6.07, 6.45) is 20.2. The summed E-state index contributed by atoms with van der Waals surface area (Å²) in [5, 5.41) is 0. The minimum Gasteiger partial charge on any atom is -0.459 e. The SMILES string of the molecule is CCCCCCCCC1CCC(OC(=O)c2ccc(C3=CCC(C)CC3)cc2)CC1. The van der Waals surface area contributed by atoms with Gasteiger partial charge in [0.15, 0.2) is 0 Å². The third-order valence-electron chi connectivity index (χ3n) is 7.20. The molecule has 1 aromatic carbocycles. The van der Waals surface area contributed by atoms with Gasteiger partial charge in [-0.1, -0.05) is 77.0 Å². The Morgan fingerprint density at radius 2 is 1.63 bits per heavy atom. The molecular weight excluding hydrogens is 368 g/mol. The highest BCUT2D eigenvalue weighted by Crippen LogP contribution is 2.32. The van der Waals surface area contributed by atoms with Crippen molar-refractivity contribution in [2.45, 2.75) is 110 Å². The molecule has 1 fully saturated rings. The van der Waals surface area contributed by atoms with E-state index < -0.39 is 0 Å². The molecule has 2 heteroatoms. The first-order valence-corrected chi connectivity index (χ1v) is 12.7. The molecule has 0 radical (unpaired) electrons. The Kier molecular flexibility index (Phi) is 9.49. The molecular formula is C28H42O2. The van der Waals surface area contributed by atoms with Crippen molar-refractivity contribution in [3.63, 3.8) is 0 Å². The number of unbranched alkanes of at least 4 members (excludes halogenated alkanes) is 5. The van der Waals surface area contributed by atoms with Crippen molar-refractivity contribution >= 4 is 11.5 Å². The lowest BCUT2D eigenvalue weighted by Gasteiger charge is -2.28. The van der Waals surface area contributed by atoms with Gasteiger partial charge in [0.05, 0.1) is 5.56 Å². The average Bonchev–Trinajstić information content (AvgIpc) is 2.78. The molecule has 2 aliphatic rings. The Labute approximate surface area is 184 Å². The van der Waals surface area contributed by atoms with E-state index in [2.05, 4.69) is 32.1 Å². The summed E-state index contributed by atoms with van der Waals surface area (Å²) in [5.41, 5.74) is 3.38. The summed E-state index contributed by atoms with van der Waals surface area (Å²) in [6, 6.07) is 8.08. The van der Waals surface area contributed by atoms with Crippen LogP contribution in [0.25, 0.3) is 5.57 Å². The number of carbonyl (C=O) groups is 1. The fraction of sp³-hybridized carbons (Fsp3) is 0.679. The normalized spacial score (nSPS) is 24.3. The van der Waals surface area contributed by atoms with E-state index in [0.29, 0.717) is 5.56 Å². The van der Waals surface area contributed by atoms with E-state index in [-0.39, 0.29) is 12.1 Å². The Balaban J connectivity index is 1.36. The predicted octanol–water partition coefficient (Wildman–Crippen LogP) is 8.36. The van der Waals surface area contributed by atoms with Crippen molar-refractivity contribution in [2.75, 3.05) is 0 Å². The molecule has 30 heavy (non-hydrogen) atoms. The van der Waals surface area contributed by atoms with E-state index in [9.17, 15) is 4.79 Å². The summed E-state index contributed by atoms with van der Waals surface area (Å²) in [5.74, 6) is 1.49. The van der Waals surface area contributed by atoms with Crippen molar-refractivity contribution in [3.8, 4) is 0 Å². The van der Waals surface area contributed by atoms with Crippen molar-refractivity contribution < 1.29 is 9.53 Å². The maximum atomic E-state index is 12.6. The highest BCUT2D eigenvalue weighted by atomic mass is 16.5. The molecule has 1 atom stereocenters. The molecule has 166 valence electrons. The quantitative estimate of drug-likeness (QED) is 0.286. The van der Waals surface area contributed by atoms with Gasteiger partial charge in [0.1, 0.15) is 6.10 Å². The van der Waals surface area contributed by atoms with Gasteiger partial charge in [-0.2, -0.15) is 0 Å². The summed E-state index contributed by atoms with van der Waals surface area (Å²) in [4.78, 5) is 12.6. The second-order valence-corrected chi connectivity index (χ2v) is 9.79. The lowest BCUT2D eigenvalue weighted by Crippen LogP contribution is -2.24. The first-order valence-electron chi connectivity index (χ1n) is 12.7. The molecule has 1 unspecified atom stereocenters. The van der Waals surface area contributed by atoms with Crippen LogP contribution in [0.4, 0.5) is 0 Å². The fourth-order valence-corrected chi connectivity index (χ4v) is 5.02. The van der Waals surface area contributed by atoms with Gasteiger partial charge in [-0.15, -0.1) is 0 Å². The first-order chi connectivity index (χ1) is 14.7. The minimum absolute atomic E-state index is 0.112. The lowest BCUT2D eigenvalue weighted by molar-refractivity contribution is 0.0161. The summed E-state index contributed by atoms with van der Waals surface area (Å²) in [6.45, 7) is 4.59. The van der Waals surface area contributed by atoms with Crippen LogP contribution in [0, 0.1) is 11.8 Å². The molecule has 2 aliphatic carbocycles. The van der Waals surface area contributed by atoms with Crippen LogP contribution in [0.2, 0.25) is 0 Å². The van der Waals surface area contributed by atoms with Gasteiger partial charge < -0.3 is 4.74 Å². The standard InChI is InChI=1S/C28H42O2/c1-3-4-5-6-7-8-9-23-12-20-27(21-13-23)30-28(29)26-18-16-25(17-19-26)24-14-10-22(2)11-15-24/h14,16-19,22-23,27H,3-13,15,20-21H2,1-2H3. The third-order valence-corrected chi connectivity index (χ3v) is 7.20. The molecule has 3 rings (SSSR count). The van der Waals surface area contributed by atoms with Crippen molar-refractivity contribution in [3.05, 3.63) is 41.5 Å². The number of allylic oxidation sites excluding steroid dienone is 2. The summed E-state index contributed by atoms with van der Waals surface area (Å²) >= 11 is 0. The van der Waals surface area contributed by atoms with Gasteiger partial charge >= 0.3 is 5.97 Å². The van der Waals surface area contributed by atoms with Crippen LogP contribution in [0.5, 0.6) is 0 Å². The zero-order valence-corrected chi connectivity index (χ0v) is 19.3. The van der Waals surface area contributed by atoms with Crippen LogP contribution in [0.1, 0.15) is 120 Å². The van der Waals surface area contributed by atoms with E-state index in [1.165, 1.54) is 81.8 Å². The molecule has 0 aliphatic heterocycles. The maximum absolute atomic E-state index is 12.6. The second kappa shape index (κ2) is 12.3. The van der Waals surface area contributed by atoms with Gasteiger partial charge in [0.2, 0.25) is 0 Å². The number of ether oxygens (including phenoxy) is 1. The van der Waals surface area contributed by atoms with Crippen LogP contribution in [0.15, 0.2) is 30.3 Å². The van der Waals surface area contributed by atoms with Gasteiger partial charge in [-0.3, -0.25) is 0 Å². The number of benzene rings is 1. The lowest BCUT2D eigenvalue weighted by atomic mass is 9.84. The van der Waals surface area contributed by atoms with Crippen molar-refractivity contribution in [2.24, 2.45) is 11.8 Å². The largest absolute Gasteiger partial charge is 0.459 e. The Morgan fingerprint density at radius 3 is 2.30 bits per heavy atom. The van der Waals surface area contributed by atoms with Crippen LogP contribution >= 0.6 is 0 Å². The van der Waals surface area contributed by atoms with E-state index in [0.717, 1.165) is 31.1 Å². The third kappa shape index (κ3) is 7.29. The van der Waals surface area contributed by atoms with Crippen molar-refractivity contribution in [1.82, 2.24) is 0 Å². The minimum atomic E-state index is -0.146. The van der Waals surface area contributed by atoms with Crippen molar-refractivity contribution in [1.29, 1.82) is 0 Å². The molecule has 0 saturated heterocycles. The topological polar surface area (TPSA) is 26.3 Å². The zero-order chi connectivity index (χ0) is 21.2. The smallest absolute Gasteiger partial charge is 0.338 e. The molecule has 0 aromatic heterocycles. The number of hydrogen-bond acceptors (Lipinski definition) is 2. The summed E-state index contributed by atoms with van der Waals surface area (Å²) in [7, 11) is 0. The van der Waals surface area contributed by atoms with Crippen LogP contribution in [-0.4, -0.2) is 12.1 Å². The van der Waals surface area contributed by atoms with Gasteiger partial charge in [-0.05, 0) is 80.1 Å². The molecule has 1 saturated carbocycles. The molecule has 2 nitrogen and oxygen atoms in total. The summed E-state index contributed by atoms with van der Waals surface area (Å²) < 4.78 is 5.84. The van der Waals surface area contributed by atoms with Crippen LogP contribution in [0.3, 0.4) is 0 Å². The molecule has 0 N–H and O–H groups in total. The van der Waals surface area contributed by atoms with Gasteiger partial charge in [0.25, 0.3) is 0 Å². The molecule has 0 bridgehead atoms. The van der Waals surface area contributed by atoms with E-state index in [1.807, 2.05) is 12.1 Å². The Morgan fingerprint density at radius 1 is 0.933 bits per heavy atom. The average molecular weight is 411 g/mol. The number of rotatable bonds is 10. The second-order valence-electron chi connectivity index (χ2n) is 9.79. The predicted molar refractivity (Wildman–Crippen MR) is 127 cm³/mol. The number of hydrogen-bond donors (Lipinski definition) is 0. The fourth-order valence-electron chi connectivity index (χ4n) is 5.02. The van der Waals surface area contributed by atoms with Gasteiger partial charge in [-0.25, -0.2) is 4.79 Å². The number of esters is 1. The van der Waals surface area contributed by atoms with E-state index in [1.54, 1.807) is 0 Å². The van der Waals surface area contributed by atoms with Crippen LogP contribution in [-0.2, 0) is 4.74 Å². The van der Waals surface area contributed by atoms with E-state index in [4.69, 9.17) is 4.74 Å². The zero-order valence-electron chi connectivity index (χ0n) is 19.3. The molecule has 0 amide bonds.